The number of hydrogen-bond acceptors (Lipinski definition) is 5. The van der Waals surface area contributed by atoms with Crippen molar-refractivity contribution in [3.8, 4) is 0 Å². The molecular formula is C13H22N4O. The highest BCUT2D eigenvalue weighted by Gasteiger charge is 2.22. The Kier molecular flexibility index (Phi) is 4.63. The molecule has 100 valence electrons. The lowest BCUT2D eigenvalue weighted by Crippen LogP contribution is -2.36. The molecule has 5 heteroatoms. The third-order valence-corrected chi connectivity index (χ3v) is 3.20. The summed E-state index contributed by atoms with van der Waals surface area (Å²) >= 11 is 0. The fourth-order valence-electron chi connectivity index (χ4n) is 2.00. The molecule has 0 aromatic carbocycles. The van der Waals surface area contributed by atoms with Crippen molar-refractivity contribution in [2.75, 3.05) is 33.3 Å². The Morgan fingerprint density at radius 3 is 3.11 bits per heavy atom. The van der Waals surface area contributed by atoms with E-state index in [-0.39, 0.29) is 6.10 Å². The first-order valence-corrected chi connectivity index (χ1v) is 6.54. The zero-order chi connectivity index (χ0) is 13.0. The minimum Gasteiger partial charge on any atom is -0.368 e. The molecule has 1 atom stereocenters. The minimum atomic E-state index is 0.00438. The van der Waals surface area contributed by atoms with E-state index in [9.17, 15) is 0 Å². The van der Waals surface area contributed by atoms with Crippen LogP contribution in [0, 0.1) is 6.92 Å². The number of nitrogens with one attached hydrogen (secondary N) is 1. The summed E-state index contributed by atoms with van der Waals surface area (Å²) in [6.07, 6.45) is 1.90. The van der Waals surface area contributed by atoms with Crippen LogP contribution in [-0.4, -0.2) is 48.2 Å². The molecule has 0 saturated carbocycles. The summed E-state index contributed by atoms with van der Waals surface area (Å²) in [4.78, 5) is 11.3. The Hall–Kier alpha value is -1.04. The summed E-state index contributed by atoms with van der Waals surface area (Å²) in [5.41, 5.74) is 2.20. The molecule has 1 unspecified atom stereocenters. The van der Waals surface area contributed by atoms with Crippen LogP contribution >= 0.6 is 0 Å². The lowest BCUT2D eigenvalue weighted by Gasteiger charge is -2.29. The highest BCUT2D eigenvalue weighted by Crippen LogP contribution is 2.18. The number of morpholine rings is 1. The third-order valence-electron chi connectivity index (χ3n) is 3.20. The predicted octanol–water partition coefficient (Wildman–Crippen LogP) is 0.898. The van der Waals surface area contributed by atoms with Gasteiger partial charge in [-0.3, -0.25) is 0 Å². The van der Waals surface area contributed by atoms with E-state index in [0.29, 0.717) is 0 Å². The minimum absolute atomic E-state index is 0.00438. The summed E-state index contributed by atoms with van der Waals surface area (Å²) in [6.45, 7) is 8.47. The second-order valence-electron chi connectivity index (χ2n) is 4.76. The number of rotatable bonds is 4. The van der Waals surface area contributed by atoms with Gasteiger partial charge in [0.1, 0.15) is 6.10 Å². The average Bonchev–Trinajstić information content (AvgIpc) is 2.38. The van der Waals surface area contributed by atoms with Gasteiger partial charge in [0.25, 0.3) is 0 Å². The average molecular weight is 250 g/mol. The summed E-state index contributed by atoms with van der Waals surface area (Å²) in [5, 5.41) is 3.30. The first-order chi connectivity index (χ1) is 8.70. The maximum Gasteiger partial charge on any atom is 0.158 e. The second kappa shape index (κ2) is 6.22. The number of aryl methyl sites for hydroxylation is 1. The van der Waals surface area contributed by atoms with Crippen LogP contribution in [0.15, 0.2) is 6.20 Å². The topological polar surface area (TPSA) is 50.3 Å². The van der Waals surface area contributed by atoms with Crippen molar-refractivity contribution in [1.82, 2.24) is 20.2 Å². The lowest BCUT2D eigenvalue weighted by molar-refractivity contribution is -0.0256. The number of hydrogen-bond donors (Lipinski definition) is 1. The fourth-order valence-corrected chi connectivity index (χ4v) is 2.00. The van der Waals surface area contributed by atoms with E-state index in [1.54, 1.807) is 0 Å². The smallest absolute Gasteiger partial charge is 0.158 e. The molecule has 18 heavy (non-hydrogen) atoms. The van der Waals surface area contributed by atoms with E-state index in [0.717, 1.165) is 49.9 Å². The quantitative estimate of drug-likeness (QED) is 0.860. The number of aromatic nitrogens is 2. The third kappa shape index (κ3) is 3.25. The van der Waals surface area contributed by atoms with E-state index >= 15 is 0 Å². The number of nitrogens with zero attached hydrogens (tertiary/aromatic N) is 3. The van der Waals surface area contributed by atoms with Gasteiger partial charge in [-0.05, 0) is 26.1 Å². The van der Waals surface area contributed by atoms with Crippen molar-refractivity contribution < 1.29 is 4.74 Å². The summed E-state index contributed by atoms with van der Waals surface area (Å²) in [7, 11) is 2.10. The largest absolute Gasteiger partial charge is 0.368 e. The highest BCUT2D eigenvalue weighted by atomic mass is 16.5. The van der Waals surface area contributed by atoms with Crippen LogP contribution in [0.1, 0.15) is 30.1 Å². The summed E-state index contributed by atoms with van der Waals surface area (Å²) in [5.74, 6) is 0.806. The van der Waals surface area contributed by atoms with Gasteiger partial charge in [0.2, 0.25) is 0 Å². The zero-order valence-corrected chi connectivity index (χ0v) is 11.4. The molecule has 1 aromatic heterocycles. The van der Waals surface area contributed by atoms with Crippen molar-refractivity contribution >= 4 is 0 Å². The highest BCUT2D eigenvalue weighted by molar-refractivity contribution is 5.16. The molecule has 1 fully saturated rings. The van der Waals surface area contributed by atoms with Crippen LogP contribution in [0.5, 0.6) is 0 Å². The Morgan fingerprint density at radius 2 is 2.39 bits per heavy atom. The van der Waals surface area contributed by atoms with Crippen LogP contribution in [0.4, 0.5) is 0 Å². The van der Waals surface area contributed by atoms with Gasteiger partial charge in [-0.1, -0.05) is 6.92 Å². The molecule has 2 rings (SSSR count). The van der Waals surface area contributed by atoms with Gasteiger partial charge in [0, 0.05) is 25.8 Å². The molecular weight excluding hydrogens is 228 g/mol. The van der Waals surface area contributed by atoms with E-state index in [2.05, 4.69) is 34.2 Å². The van der Waals surface area contributed by atoms with Crippen molar-refractivity contribution in [2.45, 2.75) is 26.5 Å². The Labute approximate surface area is 109 Å². The second-order valence-corrected chi connectivity index (χ2v) is 4.76. The van der Waals surface area contributed by atoms with Crippen molar-refractivity contribution in [2.24, 2.45) is 0 Å². The SMILES string of the molecule is CCNCc1nc(C2CN(C)CCO2)ncc1C. The Balaban J connectivity index is 2.12. The molecule has 1 aliphatic rings. The maximum absolute atomic E-state index is 5.75. The summed E-state index contributed by atoms with van der Waals surface area (Å²) < 4.78 is 5.75. The van der Waals surface area contributed by atoms with Crippen molar-refractivity contribution in [3.05, 3.63) is 23.3 Å². The van der Waals surface area contributed by atoms with Gasteiger partial charge in [0.15, 0.2) is 5.82 Å². The molecule has 0 radical (unpaired) electrons. The normalized spacial score (nSPS) is 21.2. The van der Waals surface area contributed by atoms with Crippen LogP contribution in [0.3, 0.4) is 0 Å². The molecule has 1 aliphatic heterocycles. The molecule has 0 bridgehead atoms. The standard InChI is InChI=1S/C13H22N4O/c1-4-14-8-11-10(2)7-15-13(16-11)12-9-17(3)5-6-18-12/h7,12,14H,4-6,8-9H2,1-3H3. The fraction of sp³-hybridized carbons (Fsp3) is 0.692. The van der Waals surface area contributed by atoms with Crippen molar-refractivity contribution in [1.29, 1.82) is 0 Å². The van der Waals surface area contributed by atoms with E-state index in [1.807, 2.05) is 13.1 Å². The molecule has 1 aromatic rings. The van der Waals surface area contributed by atoms with Crippen molar-refractivity contribution in [3.63, 3.8) is 0 Å². The van der Waals surface area contributed by atoms with Crippen LogP contribution < -0.4 is 5.32 Å². The van der Waals surface area contributed by atoms with Gasteiger partial charge >= 0.3 is 0 Å². The molecule has 2 heterocycles. The van der Waals surface area contributed by atoms with Gasteiger partial charge in [0.05, 0.1) is 12.3 Å². The molecule has 0 aliphatic carbocycles. The van der Waals surface area contributed by atoms with Gasteiger partial charge in [-0.15, -0.1) is 0 Å². The van der Waals surface area contributed by atoms with E-state index in [1.165, 1.54) is 0 Å². The lowest BCUT2D eigenvalue weighted by atomic mass is 10.2. The maximum atomic E-state index is 5.75. The van der Waals surface area contributed by atoms with Crippen LogP contribution in [0.25, 0.3) is 0 Å². The molecule has 0 amide bonds. The van der Waals surface area contributed by atoms with Gasteiger partial charge < -0.3 is 15.0 Å². The van der Waals surface area contributed by atoms with E-state index < -0.39 is 0 Å². The predicted molar refractivity (Wildman–Crippen MR) is 70.3 cm³/mol. The Morgan fingerprint density at radius 1 is 1.56 bits per heavy atom. The summed E-state index contributed by atoms with van der Waals surface area (Å²) in [6, 6.07) is 0. The Bertz CT molecular complexity index is 397. The zero-order valence-electron chi connectivity index (χ0n) is 11.4. The van der Waals surface area contributed by atoms with Crippen LogP contribution in [0.2, 0.25) is 0 Å². The first-order valence-electron chi connectivity index (χ1n) is 6.54. The molecule has 1 saturated heterocycles. The van der Waals surface area contributed by atoms with Gasteiger partial charge in [-0.25, -0.2) is 9.97 Å². The monoisotopic (exact) mass is 250 g/mol. The van der Waals surface area contributed by atoms with E-state index in [4.69, 9.17) is 4.74 Å². The van der Waals surface area contributed by atoms with Crippen LogP contribution in [-0.2, 0) is 11.3 Å². The first kappa shape index (κ1) is 13.4. The number of ether oxygens (including phenoxy) is 1. The molecule has 5 nitrogen and oxygen atoms in total. The molecule has 1 N–H and O–H groups in total. The number of likely N-dealkylation sites (N-methyl/N-ethyl adjacent to an activating group) is 1. The van der Waals surface area contributed by atoms with Gasteiger partial charge in [-0.2, -0.15) is 0 Å². The molecule has 0 spiro atoms.